The van der Waals surface area contributed by atoms with E-state index in [1.54, 1.807) is 59.2 Å². The van der Waals surface area contributed by atoms with Crippen LogP contribution in [0.4, 0.5) is 22.7 Å². The summed E-state index contributed by atoms with van der Waals surface area (Å²) in [5.74, 6) is 0.962. The van der Waals surface area contributed by atoms with Gasteiger partial charge in [0.1, 0.15) is 24.0 Å². The molecule has 5 heteroatoms. The molecule has 0 atom stereocenters. The zero-order valence-corrected chi connectivity index (χ0v) is 47.4. The van der Waals surface area contributed by atoms with Crippen LogP contribution in [0.3, 0.4) is 0 Å². The third-order valence-corrected chi connectivity index (χ3v) is 16.2. The second kappa shape index (κ2) is 19.6. The topological polar surface area (TPSA) is 33.5 Å². The van der Waals surface area contributed by atoms with Crippen LogP contribution < -0.4 is 14.5 Å². The molecule has 13 rings (SSSR count). The lowest BCUT2D eigenvalue weighted by molar-refractivity contribution is 0.332. The van der Waals surface area contributed by atoms with Crippen LogP contribution in [-0.2, 0) is 21.7 Å². The Morgan fingerprint density at radius 2 is 1.12 bits per heavy atom. The van der Waals surface area contributed by atoms with E-state index in [2.05, 4.69) is 32.6 Å². The molecule has 0 N–H and O–H groups in total. The minimum Gasteiger partial charge on any atom is -0.457 e. The maximum absolute atomic E-state index is 10.4. The fourth-order valence-electron chi connectivity index (χ4n) is 11.6. The van der Waals surface area contributed by atoms with Crippen molar-refractivity contribution >= 4 is 44.6 Å². The fourth-order valence-corrected chi connectivity index (χ4v) is 11.6. The molecule has 402 valence electrons. The van der Waals surface area contributed by atoms with Crippen LogP contribution in [-0.4, -0.2) is 16.2 Å². The van der Waals surface area contributed by atoms with Crippen molar-refractivity contribution in [3.05, 3.63) is 240 Å². The molecule has 81 heavy (non-hydrogen) atoms. The van der Waals surface area contributed by atoms with Crippen LogP contribution in [0, 0.1) is 0 Å². The normalized spacial score (nSPS) is 17.6. The summed E-state index contributed by atoms with van der Waals surface area (Å²) in [4.78, 5) is 8.99. The van der Waals surface area contributed by atoms with Crippen LogP contribution in [0.1, 0.15) is 126 Å². The van der Waals surface area contributed by atoms with Gasteiger partial charge in [-0.2, -0.15) is 0 Å². The number of fused-ring (bicyclic) bond motifs is 5. The van der Waals surface area contributed by atoms with Gasteiger partial charge >= 0.3 is 0 Å². The molecule has 1 aliphatic carbocycles. The number of hydrogen-bond acceptors (Lipinski definition) is 4. The minimum atomic E-state index is -0.716. The Balaban J connectivity index is 0.985. The summed E-state index contributed by atoms with van der Waals surface area (Å²) in [7, 11) is 0. The maximum Gasteiger partial charge on any atom is 0.137 e. The number of hydrogen-bond donors (Lipinski definition) is 0. The number of aromatic nitrogens is 2. The molecule has 3 heterocycles. The monoisotopic (exact) mass is 1070 g/mol. The highest BCUT2D eigenvalue weighted by molar-refractivity contribution is 6.09. The van der Waals surface area contributed by atoms with Crippen LogP contribution in [0.2, 0.25) is 0 Å². The van der Waals surface area contributed by atoms with E-state index in [9.17, 15) is 12.3 Å². The predicted molar refractivity (Wildman–Crippen MR) is 342 cm³/mol. The second-order valence-electron chi connectivity index (χ2n) is 24.7. The van der Waals surface area contributed by atoms with Gasteiger partial charge in [0.2, 0.25) is 0 Å². The standard InChI is InChI=1S/C76H72N4O/c1-73(2,3)55-43-61(53-34-32-51(33-35-53)50-22-13-11-14-23-50)72(62(44-55)54-36-39-64-66(42-54)76(9,10)41-40-75(64,7)8)79-49-78(68-30-19-20-31-69(68)79)56-26-21-27-57(45-56)81-58-37-38-60-59-28-17-18-29-67(59)80(70(60)46-58)71-47-65(74(4,5)6)63(48-77-71)52-24-15-12-16-25-52/h11-39,42-48H,40-41,49H2,1-10H3/i12D,15D,16D,17D,18D,24D,25D,28D,29D,32D,33D,34D,35D,36D,39D,42D. The SMILES string of the molecule is [2H]c1c([2H])c([2H])c(-c2cnc(-n3c4cc(Oc5cccc(N6CN(c7c(-c8c([2H])c([2H])c(-c9ccccc9)c([2H])c8[2H])cc(C(C)(C)C)cc7-c7c([2H])c([2H])c8c(c7[2H])C(C)(C)CCC8(C)C)c7ccccc76)c5)ccc4c4c([2H])c([2H])c([2H])c([2H])c43)cc2C(C)(C)C)c([2H])c1[2H]. The molecule has 0 bridgehead atoms. The van der Waals surface area contributed by atoms with Gasteiger partial charge < -0.3 is 14.5 Å². The average Bonchev–Trinajstić information content (AvgIpc) is 1.70. The van der Waals surface area contributed by atoms with E-state index in [1.165, 1.54) is 6.20 Å². The predicted octanol–water partition coefficient (Wildman–Crippen LogP) is 20.8. The van der Waals surface area contributed by atoms with Crippen molar-refractivity contribution in [3.8, 4) is 61.8 Å². The first-order valence-electron chi connectivity index (χ1n) is 35.6. The summed E-state index contributed by atoms with van der Waals surface area (Å²) in [6.45, 7) is 20.3. The molecule has 0 saturated carbocycles. The van der Waals surface area contributed by atoms with Crippen molar-refractivity contribution in [2.75, 3.05) is 16.5 Å². The molecule has 5 nitrogen and oxygen atoms in total. The van der Waals surface area contributed by atoms with Gasteiger partial charge in [-0.3, -0.25) is 4.57 Å². The molecule has 0 radical (unpaired) electrons. The first kappa shape index (κ1) is 36.6. The lowest BCUT2D eigenvalue weighted by Gasteiger charge is -2.42. The first-order chi connectivity index (χ1) is 45.6. The van der Waals surface area contributed by atoms with Crippen LogP contribution >= 0.6 is 0 Å². The average molecular weight is 1070 g/mol. The molecule has 0 amide bonds. The zero-order valence-electron chi connectivity index (χ0n) is 63.4. The van der Waals surface area contributed by atoms with Gasteiger partial charge in [-0.25, -0.2) is 4.98 Å². The van der Waals surface area contributed by atoms with Gasteiger partial charge in [0.05, 0.1) is 50.0 Å². The van der Waals surface area contributed by atoms with E-state index in [4.69, 9.17) is 19.3 Å². The van der Waals surface area contributed by atoms with E-state index >= 15 is 0 Å². The highest BCUT2D eigenvalue weighted by Gasteiger charge is 2.38. The first-order valence-corrected chi connectivity index (χ1v) is 27.6. The van der Waals surface area contributed by atoms with Crippen LogP contribution in [0.5, 0.6) is 11.5 Å². The molecule has 0 saturated heterocycles. The van der Waals surface area contributed by atoms with Crippen molar-refractivity contribution in [1.29, 1.82) is 0 Å². The molecule has 11 aromatic rings. The number of ether oxygens (including phenoxy) is 1. The maximum atomic E-state index is 10.4. The summed E-state index contributed by atoms with van der Waals surface area (Å²) in [6.07, 6.45) is 2.95. The summed E-state index contributed by atoms with van der Waals surface area (Å²) < 4.78 is 157. The van der Waals surface area contributed by atoms with Crippen molar-refractivity contribution in [1.82, 2.24) is 9.55 Å². The quantitative estimate of drug-likeness (QED) is 0.144. The van der Waals surface area contributed by atoms with Crippen molar-refractivity contribution < 1.29 is 26.7 Å². The molecule has 0 fully saturated rings. The Kier molecular flexibility index (Phi) is 8.83. The van der Waals surface area contributed by atoms with Crippen LogP contribution in [0.25, 0.3) is 72.1 Å². The van der Waals surface area contributed by atoms with Gasteiger partial charge in [0.15, 0.2) is 0 Å². The number of anilines is 4. The highest BCUT2D eigenvalue weighted by Crippen LogP contribution is 2.54. The van der Waals surface area contributed by atoms with Gasteiger partial charge in [-0.05, 0) is 145 Å². The summed E-state index contributed by atoms with van der Waals surface area (Å²) in [5, 5.41) is 0.705. The lowest BCUT2D eigenvalue weighted by Crippen LogP contribution is -2.33. The minimum absolute atomic E-state index is 0.0268. The van der Waals surface area contributed by atoms with Gasteiger partial charge in [-0.1, -0.05) is 208 Å². The number of benzene rings is 9. The Morgan fingerprint density at radius 3 is 1.85 bits per heavy atom. The molecule has 9 aromatic carbocycles. The Bertz CT molecular complexity index is 5130. The summed E-state index contributed by atoms with van der Waals surface area (Å²) in [6, 6.07) is 30.2. The fraction of sp³-hybridized carbons (Fsp3) is 0.224. The van der Waals surface area contributed by atoms with E-state index in [1.807, 2.05) is 107 Å². The molecule has 0 unspecified atom stereocenters. The van der Waals surface area contributed by atoms with Gasteiger partial charge in [-0.15, -0.1) is 0 Å². The third kappa shape index (κ3) is 9.37. The highest BCUT2D eigenvalue weighted by atomic mass is 16.5. The largest absolute Gasteiger partial charge is 0.457 e. The van der Waals surface area contributed by atoms with Crippen LogP contribution in [0.15, 0.2) is 218 Å². The Hall–Kier alpha value is -8.67. The van der Waals surface area contributed by atoms with E-state index in [-0.39, 0.29) is 100 Å². The third-order valence-electron chi connectivity index (χ3n) is 16.2. The van der Waals surface area contributed by atoms with Gasteiger partial charge in [0.25, 0.3) is 0 Å². The molecule has 0 spiro atoms. The number of rotatable bonds is 9. The van der Waals surface area contributed by atoms with E-state index < -0.39 is 64.0 Å². The lowest BCUT2D eigenvalue weighted by atomic mass is 9.63. The Labute approximate surface area is 501 Å². The van der Waals surface area contributed by atoms with E-state index in [0.29, 0.717) is 78.4 Å². The summed E-state index contributed by atoms with van der Waals surface area (Å²) >= 11 is 0. The Morgan fingerprint density at radius 1 is 0.494 bits per heavy atom. The molecule has 2 aliphatic rings. The van der Waals surface area contributed by atoms with E-state index in [0.717, 1.165) is 24.1 Å². The number of para-hydroxylation sites is 3. The molecule has 2 aromatic heterocycles. The number of pyridine rings is 1. The number of nitrogens with zero attached hydrogens (tertiary/aromatic N) is 4. The van der Waals surface area contributed by atoms with Gasteiger partial charge in [0, 0.05) is 51.5 Å². The molecular formula is C76H72N4O. The molecule has 1 aliphatic heterocycles. The summed E-state index contributed by atoms with van der Waals surface area (Å²) in [5.41, 5.74) is 5.41. The molecular weight excluding hydrogens is 985 g/mol. The second-order valence-corrected chi connectivity index (χ2v) is 24.7. The van der Waals surface area contributed by atoms with Crippen molar-refractivity contribution in [2.45, 2.75) is 104 Å². The van der Waals surface area contributed by atoms with Crippen molar-refractivity contribution in [3.63, 3.8) is 0 Å². The zero-order chi connectivity index (χ0) is 69.9. The van der Waals surface area contributed by atoms with Crippen molar-refractivity contribution in [2.24, 2.45) is 0 Å². The smallest absolute Gasteiger partial charge is 0.137 e.